The van der Waals surface area contributed by atoms with E-state index in [1.807, 2.05) is 18.5 Å². The molecule has 0 radical (unpaired) electrons. The zero-order chi connectivity index (χ0) is 12.0. The van der Waals surface area contributed by atoms with Crippen molar-refractivity contribution in [3.63, 3.8) is 0 Å². The molecule has 1 aromatic heterocycles. The van der Waals surface area contributed by atoms with Gasteiger partial charge in [0.2, 0.25) is 0 Å². The third-order valence-electron chi connectivity index (χ3n) is 2.84. The standard InChI is InChI=1S/C12H21N3O/c1-10-4-5-14-9-11(10)12(8-13)15(2)6-7-16-3/h4-5,9,12H,6-8,13H2,1-3H3. The van der Waals surface area contributed by atoms with E-state index in [1.54, 1.807) is 7.11 Å². The second-order valence-corrected chi connectivity index (χ2v) is 3.96. The van der Waals surface area contributed by atoms with E-state index in [0.29, 0.717) is 13.2 Å². The molecule has 4 nitrogen and oxygen atoms in total. The first-order chi connectivity index (χ1) is 7.70. The summed E-state index contributed by atoms with van der Waals surface area (Å²) in [4.78, 5) is 6.37. The number of hydrogen-bond acceptors (Lipinski definition) is 4. The van der Waals surface area contributed by atoms with Crippen molar-refractivity contribution in [1.82, 2.24) is 9.88 Å². The van der Waals surface area contributed by atoms with Crippen LogP contribution in [0.3, 0.4) is 0 Å². The first-order valence-electron chi connectivity index (χ1n) is 5.50. The lowest BCUT2D eigenvalue weighted by Gasteiger charge is -2.27. The first kappa shape index (κ1) is 13.1. The Kier molecular flexibility index (Phi) is 5.38. The highest BCUT2D eigenvalue weighted by Gasteiger charge is 2.16. The van der Waals surface area contributed by atoms with E-state index >= 15 is 0 Å². The first-order valence-corrected chi connectivity index (χ1v) is 5.50. The summed E-state index contributed by atoms with van der Waals surface area (Å²) in [5, 5.41) is 0. The molecule has 1 rings (SSSR count). The van der Waals surface area contributed by atoms with Crippen molar-refractivity contribution in [1.29, 1.82) is 0 Å². The van der Waals surface area contributed by atoms with E-state index in [9.17, 15) is 0 Å². The van der Waals surface area contributed by atoms with E-state index in [0.717, 1.165) is 6.54 Å². The molecule has 0 aliphatic carbocycles. The second kappa shape index (κ2) is 6.58. The Bertz CT molecular complexity index is 317. The minimum atomic E-state index is 0.212. The van der Waals surface area contributed by atoms with Crippen LogP contribution in [0.4, 0.5) is 0 Å². The maximum absolute atomic E-state index is 5.84. The van der Waals surface area contributed by atoms with Crippen LogP contribution in [0.15, 0.2) is 18.5 Å². The Morgan fingerprint density at radius 1 is 1.56 bits per heavy atom. The number of aromatic nitrogens is 1. The van der Waals surface area contributed by atoms with Crippen molar-refractivity contribution in [3.8, 4) is 0 Å². The van der Waals surface area contributed by atoms with Gasteiger partial charge in [-0.2, -0.15) is 0 Å². The third-order valence-corrected chi connectivity index (χ3v) is 2.84. The van der Waals surface area contributed by atoms with Crippen molar-refractivity contribution < 1.29 is 4.74 Å². The Morgan fingerprint density at radius 2 is 2.31 bits per heavy atom. The average molecular weight is 223 g/mol. The number of likely N-dealkylation sites (N-methyl/N-ethyl adjacent to an activating group) is 1. The van der Waals surface area contributed by atoms with Crippen LogP contribution in [0.5, 0.6) is 0 Å². The molecule has 0 aliphatic heterocycles. The molecule has 0 saturated heterocycles. The van der Waals surface area contributed by atoms with Crippen LogP contribution in [0.25, 0.3) is 0 Å². The fourth-order valence-corrected chi connectivity index (χ4v) is 1.76. The molecular formula is C12H21N3O. The fraction of sp³-hybridized carbons (Fsp3) is 0.583. The smallest absolute Gasteiger partial charge is 0.0589 e. The summed E-state index contributed by atoms with van der Waals surface area (Å²) in [6.45, 7) is 4.26. The maximum Gasteiger partial charge on any atom is 0.0589 e. The second-order valence-electron chi connectivity index (χ2n) is 3.96. The molecule has 1 heterocycles. The summed E-state index contributed by atoms with van der Waals surface area (Å²) in [5.74, 6) is 0. The molecule has 0 bridgehead atoms. The molecule has 0 aliphatic rings. The number of nitrogens with two attached hydrogens (primary N) is 1. The number of pyridine rings is 1. The molecule has 0 saturated carbocycles. The van der Waals surface area contributed by atoms with Crippen molar-refractivity contribution in [2.75, 3.05) is 33.9 Å². The highest BCUT2D eigenvalue weighted by atomic mass is 16.5. The van der Waals surface area contributed by atoms with Gasteiger partial charge in [0.25, 0.3) is 0 Å². The number of hydrogen-bond donors (Lipinski definition) is 1. The third kappa shape index (κ3) is 3.27. The van der Waals surface area contributed by atoms with Crippen molar-refractivity contribution in [2.45, 2.75) is 13.0 Å². The highest BCUT2D eigenvalue weighted by Crippen LogP contribution is 2.20. The lowest BCUT2D eigenvalue weighted by molar-refractivity contribution is 0.140. The minimum absolute atomic E-state index is 0.212. The van der Waals surface area contributed by atoms with Crippen LogP contribution in [0.2, 0.25) is 0 Å². The Labute approximate surface area is 97.4 Å². The molecular weight excluding hydrogens is 202 g/mol. The summed E-state index contributed by atoms with van der Waals surface area (Å²) < 4.78 is 5.08. The van der Waals surface area contributed by atoms with Gasteiger partial charge < -0.3 is 10.5 Å². The lowest BCUT2D eigenvalue weighted by atomic mass is 10.0. The van der Waals surface area contributed by atoms with Gasteiger partial charge >= 0.3 is 0 Å². The number of nitrogens with zero attached hydrogens (tertiary/aromatic N) is 2. The summed E-state index contributed by atoms with van der Waals surface area (Å²) in [7, 11) is 3.77. The largest absolute Gasteiger partial charge is 0.383 e. The summed E-state index contributed by atoms with van der Waals surface area (Å²) in [6, 6.07) is 2.23. The van der Waals surface area contributed by atoms with Crippen molar-refractivity contribution in [3.05, 3.63) is 29.6 Å². The molecule has 2 N–H and O–H groups in total. The van der Waals surface area contributed by atoms with Gasteiger partial charge in [-0.1, -0.05) is 0 Å². The Hall–Kier alpha value is -0.970. The van der Waals surface area contributed by atoms with Crippen molar-refractivity contribution in [2.24, 2.45) is 5.73 Å². The van der Waals surface area contributed by atoms with Crippen LogP contribution >= 0.6 is 0 Å². The van der Waals surface area contributed by atoms with Gasteiger partial charge in [0, 0.05) is 38.6 Å². The van der Waals surface area contributed by atoms with Crippen LogP contribution in [-0.2, 0) is 4.74 Å². The molecule has 4 heteroatoms. The van der Waals surface area contributed by atoms with E-state index in [1.165, 1.54) is 11.1 Å². The predicted molar refractivity (Wildman–Crippen MR) is 65.3 cm³/mol. The summed E-state index contributed by atoms with van der Waals surface area (Å²) >= 11 is 0. The summed E-state index contributed by atoms with van der Waals surface area (Å²) in [6.07, 6.45) is 3.71. The van der Waals surface area contributed by atoms with Crippen LogP contribution < -0.4 is 5.73 Å². The van der Waals surface area contributed by atoms with Gasteiger partial charge in [-0.05, 0) is 31.2 Å². The topological polar surface area (TPSA) is 51.4 Å². The molecule has 1 unspecified atom stereocenters. The van der Waals surface area contributed by atoms with Gasteiger partial charge in [-0.15, -0.1) is 0 Å². The van der Waals surface area contributed by atoms with Crippen LogP contribution in [-0.4, -0.2) is 43.7 Å². The Balaban J connectivity index is 2.77. The molecule has 0 spiro atoms. The van der Waals surface area contributed by atoms with Crippen LogP contribution in [0.1, 0.15) is 17.2 Å². The van der Waals surface area contributed by atoms with E-state index in [4.69, 9.17) is 10.5 Å². The van der Waals surface area contributed by atoms with E-state index < -0.39 is 0 Å². The number of rotatable bonds is 6. The average Bonchev–Trinajstić information content (AvgIpc) is 2.30. The molecule has 1 aromatic rings. The number of aryl methyl sites for hydroxylation is 1. The fourth-order valence-electron chi connectivity index (χ4n) is 1.76. The quantitative estimate of drug-likeness (QED) is 0.780. The minimum Gasteiger partial charge on any atom is -0.383 e. The lowest BCUT2D eigenvalue weighted by Crippen LogP contribution is -2.33. The van der Waals surface area contributed by atoms with Crippen molar-refractivity contribution >= 4 is 0 Å². The van der Waals surface area contributed by atoms with Gasteiger partial charge in [0.05, 0.1) is 6.61 Å². The van der Waals surface area contributed by atoms with Crippen LogP contribution in [0, 0.1) is 6.92 Å². The normalized spacial score (nSPS) is 13.1. The molecule has 16 heavy (non-hydrogen) atoms. The highest BCUT2D eigenvalue weighted by molar-refractivity contribution is 5.25. The molecule has 0 amide bonds. The van der Waals surface area contributed by atoms with Gasteiger partial charge in [-0.3, -0.25) is 9.88 Å². The predicted octanol–water partition coefficient (Wildman–Crippen LogP) is 0.968. The zero-order valence-electron chi connectivity index (χ0n) is 10.3. The van der Waals surface area contributed by atoms with Gasteiger partial charge in [0.1, 0.15) is 0 Å². The maximum atomic E-state index is 5.84. The Morgan fingerprint density at radius 3 is 2.88 bits per heavy atom. The molecule has 1 atom stereocenters. The van der Waals surface area contributed by atoms with Gasteiger partial charge in [-0.25, -0.2) is 0 Å². The monoisotopic (exact) mass is 223 g/mol. The zero-order valence-corrected chi connectivity index (χ0v) is 10.3. The van der Waals surface area contributed by atoms with E-state index in [2.05, 4.69) is 23.9 Å². The number of methoxy groups -OCH3 is 1. The number of ether oxygens (including phenoxy) is 1. The van der Waals surface area contributed by atoms with E-state index in [-0.39, 0.29) is 6.04 Å². The SMILES string of the molecule is COCCN(C)C(CN)c1cnccc1C. The molecule has 0 aromatic carbocycles. The molecule has 0 fully saturated rings. The molecule has 90 valence electrons. The van der Waals surface area contributed by atoms with Gasteiger partial charge in [0.15, 0.2) is 0 Å². The summed E-state index contributed by atoms with van der Waals surface area (Å²) in [5.41, 5.74) is 8.27.